The predicted molar refractivity (Wildman–Crippen MR) is 66.0 cm³/mol. The highest BCUT2D eigenvalue weighted by atomic mass is 16.6. The second-order valence-electron chi connectivity index (χ2n) is 5.13. The van der Waals surface area contributed by atoms with E-state index in [2.05, 4.69) is 13.0 Å². The third kappa shape index (κ3) is 1.31. The van der Waals surface area contributed by atoms with Gasteiger partial charge in [0.1, 0.15) is 5.60 Å². The summed E-state index contributed by atoms with van der Waals surface area (Å²) in [6, 6.07) is 8.10. The smallest absolute Gasteiger partial charge is 0.414 e. The highest BCUT2D eigenvalue weighted by Gasteiger charge is 2.50. The van der Waals surface area contributed by atoms with E-state index in [1.165, 1.54) is 5.56 Å². The van der Waals surface area contributed by atoms with E-state index in [0.717, 1.165) is 24.9 Å². The lowest BCUT2D eigenvalue weighted by molar-refractivity contribution is -0.0188. The Morgan fingerprint density at radius 2 is 2.18 bits per heavy atom. The maximum Gasteiger partial charge on any atom is 0.414 e. The molecule has 3 rings (SSSR count). The van der Waals surface area contributed by atoms with Crippen molar-refractivity contribution in [2.45, 2.75) is 31.8 Å². The first-order valence-electron chi connectivity index (χ1n) is 6.21. The first-order valence-corrected chi connectivity index (χ1v) is 6.21. The Hall–Kier alpha value is -1.51. The molecule has 3 heteroatoms. The summed E-state index contributed by atoms with van der Waals surface area (Å²) in [5.74, 6) is 0.404. The molecule has 0 saturated heterocycles. The summed E-state index contributed by atoms with van der Waals surface area (Å²) in [6.45, 7) is 2.18. The molecular weight excluding hydrogens is 214 g/mol. The fourth-order valence-corrected chi connectivity index (χ4v) is 3.20. The van der Waals surface area contributed by atoms with Crippen LogP contribution in [-0.4, -0.2) is 13.1 Å². The van der Waals surface area contributed by atoms with Crippen LogP contribution in [0.4, 0.5) is 10.5 Å². The van der Waals surface area contributed by atoms with Gasteiger partial charge in [-0.2, -0.15) is 0 Å². The molecular formula is C14H17NO2. The number of para-hydroxylation sites is 1. The van der Waals surface area contributed by atoms with Crippen molar-refractivity contribution in [2.75, 3.05) is 11.9 Å². The summed E-state index contributed by atoms with van der Waals surface area (Å²) in [5.41, 5.74) is 1.80. The number of carbonyl (C=O) groups excluding carboxylic acids is 1. The van der Waals surface area contributed by atoms with Crippen molar-refractivity contribution < 1.29 is 9.53 Å². The van der Waals surface area contributed by atoms with Crippen LogP contribution in [0.1, 0.15) is 31.7 Å². The number of anilines is 1. The fraction of sp³-hybridized carbons (Fsp3) is 0.500. The third-order valence-electron chi connectivity index (χ3n) is 4.25. The van der Waals surface area contributed by atoms with Gasteiger partial charge < -0.3 is 4.74 Å². The lowest BCUT2D eigenvalue weighted by Gasteiger charge is -2.41. The Bertz CT molecular complexity index is 471. The second kappa shape index (κ2) is 3.49. The predicted octanol–water partition coefficient (Wildman–Crippen LogP) is 3.29. The Morgan fingerprint density at radius 1 is 1.41 bits per heavy atom. The number of hydrogen-bond acceptors (Lipinski definition) is 2. The molecule has 0 radical (unpaired) electrons. The fourth-order valence-electron chi connectivity index (χ4n) is 3.20. The normalized spacial score (nSPS) is 31.5. The molecule has 1 heterocycles. The van der Waals surface area contributed by atoms with Gasteiger partial charge in [-0.15, -0.1) is 0 Å². The maximum atomic E-state index is 12.0. The number of fused-ring (bicyclic) bond motifs is 2. The lowest BCUT2D eigenvalue weighted by atomic mass is 9.82. The number of amides is 1. The number of rotatable bonds is 0. The number of ether oxygens (including phenoxy) is 1. The summed E-state index contributed by atoms with van der Waals surface area (Å²) >= 11 is 0. The SMILES string of the molecule is C[C@@H]1CCC[C@@]12OC(=O)N(C)c1ccccc12. The Balaban J connectivity index is 2.20. The van der Waals surface area contributed by atoms with Crippen LogP contribution in [-0.2, 0) is 10.3 Å². The number of nitrogens with zero attached hydrogens (tertiary/aromatic N) is 1. The van der Waals surface area contributed by atoms with E-state index in [1.54, 1.807) is 11.9 Å². The van der Waals surface area contributed by atoms with E-state index in [0.29, 0.717) is 5.92 Å². The highest BCUT2D eigenvalue weighted by Crippen LogP contribution is 2.51. The first kappa shape index (κ1) is 10.6. The van der Waals surface area contributed by atoms with E-state index in [-0.39, 0.29) is 11.7 Å². The van der Waals surface area contributed by atoms with Gasteiger partial charge >= 0.3 is 6.09 Å². The van der Waals surface area contributed by atoms with Crippen LogP contribution in [0.25, 0.3) is 0 Å². The molecule has 1 aliphatic heterocycles. The summed E-state index contributed by atoms with van der Waals surface area (Å²) in [5, 5.41) is 0. The molecule has 0 bridgehead atoms. The van der Waals surface area contributed by atoms with Gasteiger partial charge in [-0.25, -0.2) is 4.79 Å². The Morgan fingerprint density at radius 3 is 2.88 bits per heavy atom. The minimum Gasteiger partial charge on any atom is -0.437 e. The largest absolute Gasteiger partial charge is 0.437 e. The van der Waals surface area contributed by atoms with Crippen LogP contribution in [0.5, 0.6) is 0 Å². The van der Waals surface area contributed by atoms with Crippen molar-refractivity contribution in [3.05, 3.63) is 29.8 Å². The topological polar surface area (TPSA) is 29.5 Å². The van der Waals surface area contributed by atoms with Crippen molar-refractivity contribution in [2.24, 2.45) is 5.92 Å². The molecule has 1 spiro atoms. The number of hydrogen-bond donors (Lipinski definition) is 0. The highest BCUT2D eigenvalue weighted by molar-refractivity contribution is 5.91. The molecule has 17 heavy (non-hydrogen) atoms. The standard InChI is InChI=1S/C14H17NO2/c1-10-6-5-9-14(10)11-7-3-4-8-12(11)15(2)13(16)17-14/h3-4,7-8,10H,5-6,9H2,1-2H3/t10-,14-/m1/s1. The van der Waals surface area contributed by atoms with E-state index in [4.69, 9.17) is 4.74 Å². The van der Waals surface area contributed by atoms with Gasteiger partial charge in [0.25, 0.3) is 0 Å². The molecule has 1 aromatic carbocycles. The van der Waals surface area contributed by atoms with Crippen LogP contribution in [0.15, 0.2) is 24.3 Å². The average molecular weight is 231 g/mol. The van der Waals surface area contributed by atoms with Gasteiger partial charge in [-0.05, 0) is 25.3 Å². The third-order valence-corrected chi connectivity index (χ3v) is 4.25. The molecule has 1 saturated carbocycles. The lowest BCUT2D eigenvalue weighted by Crippen LogP contribution is -2.45. The van der Waals surface area contributed by atoms with E-state index in [1.807, 2.05) is 18.2 Å². The summed E-state index contributed by atoms with van der Waals surface area (Å²) in [4.78, 5) is 13.6. The molecule has 1 aliphatic carbocycles. The van der Waals surface area contributed by atoms with Crippen LogP contribution in [0.2, 0.25) is 0 Å². The van der Waals surface area contributed by atoms with Crippen molar-refractivity contribution in [3.63, 3.8) is 0 Å². The van der Waals surface area contributed by atoms with Gasteiger partial charge in [0.15, 0.2) is 0 Å². The van der Waals surface area contributed by atoms with Crippen LogP contribution >= 0.6 is 0 Å². The van der Waals surface area contributed by atoms with Crippen molar-refractivity contribution in [1.29, 1.82) is 0 Å². The quantitative estimate of drug-likeness (QED) is 0.685. The molecule has 1 aromatic rings. The van der Waals surface area contributed by atoms with Crippen molar-refractivity contribution in [1.82, 2.24) is 0 Å². The number of carbonyl (C=O) groups is 1. The molecule has 0 unspecified atom stereocenters. The van der Waals surface area contributed by atoms with Gasteiger partial charge in [0.2, 0.25) is 0 Å². The van der Waals surface area contributed by atoms with Gasteiger partial charge in [0, 0.05) is 18.5 Å². The van der Waals surface area contributed by atoms with E-state index < -0.39 is 0 Å². The zero-order valence-electron chi connectivity index (χ0n) is 10.3. The average Bonchev–Trinajstić information content (AvgIpc) is 2.69. The Labute approximate surface area is 101 Å². The second-order valence-corrected chi connectivity index (χ2v) is 5.13. The van der Waals surface area contributed by atoms with Crippen molar-refractivity contribution in [3.8, 4) is 0 Å². The minimum atomic E-state index is -0.375. The first-order chi connectivity index (χ1) is 8.15. The molecule has 0 aromatic heterocycles. The summed E-state index contributed by atoms with van der Waals surface area (Å²) < 4.78 is 5.77. The molecule has 3 nitrogen and oxygen atoms in total. The molecule has 2 aliphatic rings. The summed E-state index contributed by atoms with van der Waals surface area (Å²) in [7, 11) is 1.77. The molecule has 1 fully saturated rings. The summed E-state index contributed by atoms with van der Waals surface area (Å²) in [6.07, 6.45) is 2.99. The zero-order valence-corrected chi connectivity index (χ0v) is 10.3. The monoisotopic (exact) mass is 231 g/mol. The maximum absolute atomic E-state index is 12.0. The van der Waals surface area contributed by atoms with E-state index >= 15 is 0 Å². The van der Waals surface area contributed by atoms with Gasteiger partial charge in [-0.1, -0.05) is 25.1 Å². The minimum absolute atomic E-state index is 0.225. The van der Waals surface area contributed by atoms with Crippen LogP contribution < -0.4 is 4.90 Å². The zero-order chi connectivity index (χ0) is 12.0. The van der Waals surface area contributed by atoms with E-state index in [9.17, 15) is 4.79 Å². The Kier molecular flexibility index (Phi) is 2.18. The molecule has 90 valence electrons. The van der Waals surface area contributed by atoms with Crippen LogP contribution in [0, 0.1) is 5.92 Å². The molecule has 2 atom stereocenters. The van der Waals surface area contributed by atoms with Crippen LogP contribution in [0.3, 0.4) is 0 Å². The van der Waals surface area contributed by atoms with Crippen molar-refractivity contribution >= 4 is 11.8 Å². The molecule has 1 amide bonds. The van der Waals surface area contributed by atoms with Gasteiger partial charge in [-0.3, -0.25) is 4.90 Å². The molecule has 0 N–H and O–H groups in total. The number of benzene rings is 1. The van der Waals surface area contributed by atoms with Gasteiger partial charge in [0.05, 0.1) is 5.69 Å².